The molecule has 1 aliphatic carbocycles. The van der Waals surface area contributed by atoms with E-state index in [0.717, 1.165) is 6.42 Å². The molecule has 5 aromatic rings. The lowest BCUT2D eigenvalue weighted by atomic mass is 10.00. The fourth-order valence-corrected chi connectivity index (χ4v) is 5.48. The molecule has 0 saturated carbocycles. The molecule has 31 heavy (non-hydrogen) atoms. The van der Waals surface area contributed by atoms with E-state index < -0.39 is 0 Å². The lowest BCUT2D eigenvalue weighted by Crippen LogP contribution is -2.69. The van der Waals surface area contributed by atoms with Gasteiger partial charge >= 0.3 is 0 Å². The fourth-order valence-electron chi connectivity index (χ4n) is 5.48. The van der Waals surface area contributed by atoms with E-state index in [1.807, 2.05) is 0 Å². The molecule has 2 heterocycles. The van der Waals surface area contributed by atoms with Gasteiger partial charge in [-0.15, -0.1) is 0 Å². The van der Waals surface area contributed by atoms with Crippen LogP contribution in [0, 0.1) is 5.92 Å². The molecule has 4 aromatic carbocycles. The number of hydrogen-bond acceptors (Lipinski definition) is 0. The van der Waals surface area contributed by atoms with Crippen molar-refractivity contribution < 1.29 is 5.32 Å². The number of allylic oxidation sites excluding steroid dienone is 4. The molecule has 1 atom stereocenters. The second-order valence-corrected chi connectivity index (χ2v) is 8.91. The first-order valence-corrected chi connectivity index (χ1v) is 11.1. The molecule has 2 nitrogen and oxygen atoms in total. The minimum absolute atomic E-state index is 0.554. The van der Waals surface area contributed by atoms with Crippen LogP contribution in [0.5, 0.6) is 0 Å². The lowest BCUT2D eigenvalue weighted by molar-refractivity contribution is -0.473. The van der Waals surface area contributed by atoms with Crippen LogP contribution in [-0.4, -0.2) is 4.57 Å². The van der Waals surface area contributed by atoms with Crippen molar-refractivity contribution in [2.75, 3.05) is 0 Å². The minimum atomic E-state index is 0.554. The first-order valence-electron chi connectivity index (χ1n) is 11.1. The molecule has 2 heteroatoms. The van der Waals surface area contributed by atoms with Crippen molar-refractivity contribution in [3.05, 3.63) is 91.0 Å². The number of quaternary nitrogens is 1. The molecule has 0 amide bonds. The molecular formula is C29H23N2+. The zero-order chi connectivity index (χ0) is 20.5. The lowest BCUT2D eigenvalue weighted by Gasteiger charge is -2.16. The Morgan fingerprint density at radius 3 is 2.61 bits per heavy atom. The van der Waals surface area contributed by atoms with Crippen LogP contribution in [0.4, 0.5) is 11.4 Å². The van der Waals surface area contributed by atoms with Gasteiger partial charge in [0.2, 0.25) is 0 Å². The Morgan fingerprint density at radius 2 is 1.68 bits per heavy atom. The third-order valence-electron chi connectivity index (χ3n) is 6.90. The van der Waals surface area contributed by atoms with Crippen LogP contribution in [0.3, 0.4) is 0 Å². The summed E-state index contributed by atoms with van der Waals surface area (Å²) < 4.78 is 2.47. The summed E-state index contributed by atoms with van der Waals surface area (Å²) >= 11 is 0. The van der Waals surface area contributed by atoms with Crippen molar-refractivity contribution in [3.8, 4) is 11.1 Å². The number of hydrogen-bond donors (Lipinski definition) is 1. The Morgan fingerprint density at radius 1 is 0.806 bits per heavy atom. The van der Waals surface area contributed by atoms with Crippen LogP contribution in [0.2, 0.25) is 0 Å². The van der Waals surface area contributed by atoms with Crippen LogP contribution in [-0.2, 0) is 0 Å². The monoisotopic (exact) mass is 399 g/mol. The summed E-state index contributed by atoms with van der Waals surface area (Å²) in [6.45, 7) is 2.30. The standard InChI is InChI=1S/C29H22N2/c1-18-7-6-9-20(15-18)31-27-14-13-19-8-2-3-10-21(19)29(27)24-16-23-22-11-4-5-12-25(22)30-26(23)17-28(24)31/h2-6,8-18,30H,7H2,1H3/p+1. The Labute approximate surface area is 181 Å². The summed E-state index contributed by atoms with van der Waals surface area (Å²) in [7, 11) is 0. The third-order valence-corrected chi connectivity index (χ3v) is 6.90. The van der Waals surface area contributed by atoms with E-state index in [2.05, 4.69) is 108 Å². The number of aromatic nitrogens is 1. The SMILES string of the molecule is CC1C=C(n2c3cc4c(cc3c3c5ccccc5ccc32)-c2ccccc2[NH2+]4)C=CC1. The minimum Gasteiger partial charge on any atom is -0.309 e. The molecule has 1 aliphatic heterocycles. The number of para-hydroxylation sites is 1. The number of nitrogens with two attached hydrogens (primary N) is 1. The summed E-state index contributed by atoms with van der Waals surface area (Å²) in [6.07, 6.45) is 8.13. The summed E-state index contributed by atoms with van der Waals surface area (Å²) in [5.74, 6) is 0.554. The number of benzene rings is 4. The van der Waals surface area contributed by atoms with E-state index in [-0.39, 0.29) is 0 Å². The van der Waals surface area contributed by atoms with Crippen LogP contribution in [0.15, 0.2) is 91.0 Å². The van der Waals surface area contributed by atoms with Crippen LogP contribution >= 0.6 is 0 Å². The van der Waals surface area contributed by atoms with Gasteiger partial charge in [-0.3, -0.25) is 5.32 Å². The quantitative estimate of drug-likeness (QED) is 0.291. The van der Waals surface area contributed by atoms with Crippen molar-refractivity contribution in [1.29, 1.82) is 0 Å². The average molecular weight is 400 g/mol. The molecule has 0 saturated heterocycles. The largest absolute Gasteiger partial charge is 0.309 e. The van der Waals surface area contributed by atoms with Crippen molar-refractivity contribution in [2.45, 2.75) is 13.3 Å². The van der Waals surface area contributed by atoms with Crippen molar-refractivity contribution in [3.63, 3.8) is 0 Å². The van der Waals surface area contributed by atoms with Gasteiger partial charge in [-0.1, -0.05) is 61.5 Å². The van der Waals surface area contributed by atoms with Crippen LogP contribution < -0.4 is 5.32 Å². The summed E-state index contributed by atoms with van der Waals surface area (Å²) in [5, 5.41) is 7.64. The fraction of sp³-hybridized carbons (Fsp3) is 0.103. The smallest absolute Gasteiger partial charge is 0.144 e. The average Bonchev–Trinajstić information content (AvgIpc) is 3.32. The van der Waals surface area contributed by atoms with E-state index in [1.54, 1.807) is 0 Å². The molecule has 0 spiro atoms. The molecule has 148 valence electrons. The maximum Gasteiger partial charge on any atom is 0.144 e. The van der Waals surface area contributed by atoms with Crippen molar-refractivity contribution >= 4 is 49.7 Å². The van der Waals surface area contributed by atoms with Crippen LogP contribution in [0.25, 0.3) is 49.4 Å². The molecule has 7 rings (SSSR count). The number of rotatable bonds is 1. The van der Waals surface area contributed by atoms with E-state index in [9.17, 15) is 0 Å². The molecule has 0 bridgehead atoms. The molecular weight excluding hydrogens is 376 g/mol. The van der Waals surface area contributed by atoms with Crippen molar-refractivity contribution in [1.82, 2.24) is 4.57 Å². The summed E-state index contributed by atoms with van der Waals surface area (Å²) in [6, 6.07) is 26.9. The highest BCUT2D eigenvalue weighted by molar-refractivity contribution is 6.23. The van der Waals surface area contributed by atoms with Crippen molar-refractivity contribution in [2.24, 2.45) is 5.92 Å². The highest BCUT2D eigenvalue weighted by atomic mass is 15.0. The highest BCUT2D eigenvalue weighted by Crippen LogP contribution is 2.43. The third kappa shape index (κ3) is 2.37. The predicted molar refractivity (Wildman–Crippen MR) is 131 cm³/mol. The Bertz CT molecular complexity index is 1600. The Kier molecular flexibility index (Phi) is 3.42. The van der Waals surface area contributed by atoms with Crippen LogP contribution in [0.1, 0.15) is 13.3 Å². The predicted octanol–water partition coefficient (Wildman–Crippen LogP) is 6.89. The molecule has 2 N–H and O–H groups in total. The molecule has 1 aromatic heterocycles. The van der Waals surface area contributed by atoms with E-state index in [1.165, 1.54) is 60.8 Å². The topological polar surface area (TPSA) is 21.5 Å². The Hall–Kier alpha value is -3.62. The molecule has 0 radical (unpaired) electrons. The van der Waals surface area contributed by atoms with Gasteiger partial charge in [-0.25, -0.2) is 0 Å². The van der Waals surface area contributed by atoms with E-state index in [0.29, 0.717) is 5.92 Å². The molecule has 0 fully saturated rings. The maximum atomic E-state index is 2.47. The second-order valence-electron chi connectivity index (χ2n) is 8.91. The maximum absolute atomic E-state index is 2.47. The van der Waals surface area contributed by atoms with E-state index >= 15 is 0 Å². The Balaban J connectivity index is 1.66. The van der Waals surface area contributed by atoms with Gasteiger partial charge in [0.25, 0.3) is 0 Å². The second kappa shape index (κ2) is 6.19. The van der Waals surface area contributed by atoms with Gasteiger partial charge in [0, 0.05) is 39.7 Å². The zero-order valence-electron chi connectivity index (χ0n) is 17.5. The first-order chi connectivity index (χ1) is 15.3. The number of nitrogens with zero attached hydrogens (tertiary/aromatic N) is 1. The first kappa shape index (κ1) is 17.1. The molecule has 2 aliphatic rings. The van der Waals surface area contributed by atoms with Gasteiger partial charge in [-0.05, 0) is 47.4 Å². The van der Waals surface area contributed by atoms with Gasteiger partial charge in [0.15, 0.2) is 0 Å². The summed E-state index contributed by atoms with van der Waals surface area (Å²) in [4.78, 5) is 0. The van der Waals surface area contributed by atoms with Gasteiger partial charge in [0.05, 0.1) is 11.0 Å². The number of fused-ring (bicyclic) bond motifs is 8. The molecule has 1 unspecified atom stereocenters. The summed E-state index contributed by atoms with van der Waals surface area (Å²) in [5.41, 5.74) is 9.17. The van der Waals surface area contributed by atoms with Gasteiger partial charge < -0.3 is 4.57 Å². The van der Waals surface area contributed by atoms with E-state index in [4.69, 9.17) is 0 Å². The van der Waals surface area contributed by atoms with Gasteiger partial charge in [-0.2, -0.15) is 0 Å². The zero-order valence-corrected chi connectivity index (χ0v) is 17.5. The van der Waals surface area contributed by atoms with Gasteiger partial charge in [0.1, 0.15) is 11.4 Å². The highest BCUT2D eigenvalue weighted by Gasteiger charge is 2.26. The normalized spacial score (nSPS) is 17.3.